The second-order valence-corrected chi connectivity index (χ2v) is 8.52. The minimum absolute atomic E-state index is 0.114. The van der Waals surface area contributed by atoms with E-state index >= 15 is 0 Å². The van der Waals surface area contributed by atoms with Gasteiger partial charge in [0.15, 0.2) is 34.7 Å². The molecule has 0 unspecified atom stereocenters. The molecule has 38 heavy (non-hydrogen) atoms. The summed E-state index contributed by atoms with van der Waals surface area (Å²) in [6.07, 6.45) is -1.98. The van der Waals surface area contributed by atoms with Crippen molar-refractivity contribution in [3.63, 3.8) is 0 Å². The summed E-state index contributed by atoms with van der Waals surface area (Å²) >= 11 is 0. The summed E-state index contributed by atoms with van der Waals surface area (Å²) in [5, 5.41) is 34.6. The third-order valence-corrected chi connectivity index (χ3v) is 6.08. The highest BCUT2D eigenvalue weighted by atomic mass is 16.6. The Kier molecular flexibility index (Phi) is 7.33. The van der Waals surface area contributed by atoms with Crippen LogP contribution in [0.15, 0.2) is 60.0 Å². The van der Waals surface area contributed by atoms with Gasteiger partial charge < -0.3 is 35.3 Å². The number of hydrazone groups is 1. The van der Waals surface area contributed by atoms with E-state index in [1.54, 1.807) is 25.5 Å². The summed E-state index contributed by atoms with van der Waals surface area (Å²) in [6, 6.07) is 15.2. The van der Waals surface area contributed by atoms with Crippen molar-refractivity contribution in [2.75, 3.05) is 24.9 Å². The number of aliphatic hydroxyl groups is 3. The third-order valence-electron chi connectivity index (χ3n) is 6.08. The fourth-order valence-electron chi connectivity index (χ4n) is 4.12. The van der Waals surface area contributed by atoms with E-state index in [1.807, 2.05) is 36.4 Å². The molecule has 4 aromatic rings. The minimum atomic E-state index is -1.36. The van der Waals surface area contributed by atoms with Gasteiger partial charge in [-0.25, -0.2) is 20.4 Å². The second-order valence-electron chi connectivity index (χ2n) is 8.52. The highest BCUT2D eigenvalue weighted by Crippen LogP contribution is 2.35. The molecule has 0 aliphatic carbocycles. The van der Waals surface area contributed by atoms with E-state index in [1.165, 1.54) is 10.9 Å². The number of benzene rings is 2. The molecule has 0 bridgehead atoms. The Bertz CT molecular complexity index is 1430. The van der Waals surface area contributed by atoms with Crippen LogP contribution in [0.2, 0.25) is 0 Å². The zero-order valence-electron chi connectivity index (χ0n) is 20.4. The molecule has 198 valence electrons. The van der Waals surface area contributed by atoms with Crippen molar-refractivity contribution in [1.82, 2.24) is 19.5 Å². The van der Waals surface area contributed by atoms with Gasteiger partial charge in [0.25, 0.3) is 0 Å². The van der Waals surface area contributed by atoms with Crippen molar-refractivity contribution < 1.29 is 29.5 Å². The maximum absolute atomic E-state index is 10.6. The van der Waals surface area contributed by atoms with Crippen molar-refractivity contribution in [3.05, 3.63) is 66.0 Å². The molecule has 3 heterocycles. The van der Waals surface area contributed by atoms with Crippen LogP contribution >= 0.6 is 0 Å². The van der Waals surface area contributed by atoms with Crippen LogP contribution in [-0.2, 0) is 11.3 Å². The summed E-state index contributed by atoms with van der Waals surface area (Å²) in [6.45, 7) is -0.0817. The maximum atomic E-state index is 10.6. The lowest BCUT2D eigenvalue weighted by Crippen LogP contribution is -2.33. The first kappa shape index (κ1) is 25.4. The number of aromatic nitrogens is 4. The molecule has 13 nitrogen and oxygen atoms in total. The molecule has 1 aliphatic heterocycles. The van der Waals surface area contributed by atoms with Gasteiger partial charge in [0.1, 0.15) is 31.2 Å². The van der Waals surface area contributed by atoms with Crippen molar-refractivity contribution in [2.24, 2.45) is 5.10 Å². The average molecular weight is 522 g/mol. The molecular formula is C25H27N7O6. The predicted octanol–water partition coefficient (Wildman–Crippen LogP) is 1.05. The lowest BCUT2D eigenvalue weighted by atomic mass is 10.1. The van der Waals surface area contributed by atoms with Crippen LogP contribution in [0.25, 0.3) is 11.2 Å². The predicted molar refractivity (Wildman–Crippen MR) is 138 cm³/mol. The number of nitrogen functional groups attached to an aromatic ring is 1. The van der Waals surface area contributed by atoms with Crippen molar-refractivity contribution >= 4 is 29.1 Å². The molecule has 0 radical (unpaired) electrons. The summed E-state index contributed by atoms with van der Waals surface area (Å²) < 4.78 is 18.5. The molecule has 0 saturated carbocycles. The lowest BCUT2D eigenvalue weighted by Gasteiger charge is -2.18. The van der Waals surface area contributed by atoms with Gasteiger partial charge in [-0.1, -0.05) is 30.3 Å². The smallest absolute Gasteiger partial charge is 0.228 e. The van der Waals surface area contributed by atoms with Gasteiger partial charge in [-0.15, -0.1) is 0 Å². The number of rotatable bonds is 9. The topological polar surface area (TPSA) is 182 Å². The highest BCUT2D eigenvalue weighted by Gasteiger charge is 2.45. The van der Waals surface area contributed by atoms with Crippen LogP contribution in [-0.4, -0.2) is 73.1 Å². The fraction of sp³-hybridized carbons (Fsp3) is 0.280. The molecule has 0 spiro atoms. The van der Waals surface area contributed by atoms with Gasteiger partial charge in [-0.2, -0.15) is 5.10 Å². The zero-order valence-corrected chi connectivity index (χ0v) is 20.4. The van der Waals surface area contributed by atoms with Gasteiger partial charge in [-0.05, 0) is 29.3 Å². The average Bonchev–Trinajstić information content (AvgIpc) is 3.45. The molecule has 1 saturated heterocycles. The van der Waals surface area contributed by atoms with E-state index < -0.39 is 31.1 Å². The van der Waals surface area contributed by atoms with Crippen LogP contribution in [0.5, 0.6) is 11.5 Å². The summed E-state index contributed by atoms with van der Waals surface area (Å²) in [5.41, 5.74) is 11.0. The summed E-state index contributed by atoms with van der Waals surface area (Å²) in [5.74, 6) is 1.37. The molecule has 4 atom stereocenters. The molecular weight excluding hydrogens is 494 g/mol. The maximum Gasteiger partial charge on any atom is 0.228 e. The Hall–Kier alpha value is -4.30. The molecule has 0 amide bonds. The first-order valence-electron chi connectivity index (χ1n) is 11.7. The van der Waals surface area contributed by atoms with E-state index in [0.717, 1.165) is 5.56 Å². The number of fused-ring (bicyclic) bond motifs is 1. The Morgan fingerprint density at radius 3 is 2.68 bits per heavy atom. The summed E-state index contributed by atoms with van der Waals surface area (Å²) in [7, 11) is 1.55. The Morgan fingerprint density at radius 2 is 1.95 bits per heavy atom. The Labute approximate surface area is 217 Å². The monoisotopic (exact) mass is 521 g/mol. The van der Waals surface area contributed by atoms with E-state index in [2.05, 4.69) is 25.5 Å². The van der Waals surface area contributed by atoms with Crippen molar-refractivity contribution in [1.29, 1.82) is 0 Å². The van der Waals surface area contributed by atoms with E-state index in [9.17, 15) is 15.3 Å². The Morgan fingerprint density at radius 1 is 1.13 bits per heavy atom. The standard InChI is InChI=1S/C25H27N7O6/c1-36-17-9-15(7-8-16(17)37-12-14-5-3-2-4-6-14)10-29-31-25-30-19-22(26)27-13-28-23(19)32(25)24-21(35)20(34)18(11-33)38-24/h2-10,13,18,20-21,24,33-35H,11-12H2,1H3,(H,30,31)(H2,26,27,28)/b29-10-/t18-,20-,21-,24-/m1/s1. The van der Waals surface area contributed by atoms with Gasteiger partial charge in [-0.3, -0.25) is 4.57 Å². The number of ether oxygens (including phenoxy) is 3. The normalized spacial score (nSPS) is 21.3. The molecule has 13 heteroatoms. The molecule has 1 aliphatic rings. The van der Waals surface area contributed by atoms with Crippen LogP contribution in [0.3, 0.4) is 0 Å². The molecule has 1 fully saturated rings. The quantitative estimate of drug-likeness (QED) is 0.157. The van der Waals surface area contributed by atoms with Crippen LogP contribution in [0, 0.1) is 0 Å². The van der Waals surface area contributed by atoms with Crippen LogP contribution in [0.1, 0.15) is 17.4 Å². The number of methoxy groups -OCH3 is 1. The van der Waals surface area contributed by atoms with Crippen LogP contribution < -0.4 is 20.6 Å². The van der Waals surface area contributed by atoms with Gasteiger partial charge >= 0.3 is 0 Å². The molecule has 6 N–H and O–H groups in total. The fourth-order valence-corrected chi connectivity index (χ4v) is 4.12. The third kappa shape index (κ3) is 4.95. The zero-order chi connectivity index (χ0) is 26.6. The first-order valence-corrected chi connectivity index (χ1v) is 11.7. The van der Waals surface area contributed by atoms with Gasteiger partial charge in [0, 0.05) is 0 Å². The SMILES string of the molecule is COc1cc(/C=N\Nc2nc3c(N)ncnc3n2[C@@H]2O[C@H](CO)[C@@H](O)[C@H]2O)ccc1OCc1ccccc1. The van der Waals surface area contributed by atoms with E-state index in [0.29, 0.717) is 23.7 Å². The van der Waals surface area contributed by atoms with Gasteiger partial charge in [0.2, 0.25) is 5.95 Å². The highest BCUT2D eigenvalue weighted by molar-refractivity contribution is 5.85. The largest absolute Gasteiger partial charge is 0.493 e. The molecule has 2 aromatic carbocycles. The molecule has 5 rings (SSSR count). The van der Waals surface area contributed by atoms with Crippen molar-refractivity contribution in [3.8, 4) is 11.5 Å². The number of aliphatic hydroxyl groups excluding tert-OH is 3. The minimum Gasteiger partial charge on any atom is -0.493 e. The number of hydrogen-bond donors (Lipinski definition) is 5. The number of nitrogens with two attached hydrogens (primary N) is 1. The number of imidazole rings is 1. The number of nitrogens with zero attached hydrogens (tertiary/aromatic N) is 5. The lowest BCUT2D eigenvalue weighted by molar-refractivity contribution is -0.0501. The van der Waals surface area contributed by atoms with Crippen LogP contribution in [0.4, 0.5) is 11.8 Å². The molecule has 2 aromatic heterocycles. The first-order chi connectivity index (χ1) is 18.5. The number of hydrogen-bond acceptors (Lipinski definition) is 12. The summed E-state index contributed by atoms with van der Waals surface area (Å²) in [4.78, 5) is 12.6. The van der Waals surface area contributed by atoms with Gasteiger partial charge in [0.05, 0.1) is 19.9 Å². The van der Waals surface area contributed by atoms with E-state index in [4.69, 9.17) is 19.9 Å². The second kappa shape index (κ2) is 11.0. The number of nitrogens with one attached hydrogen (secondary N) is 1. The number of anilines is 2. The Balaban J connectivity index is 1.37. The van der Waals surface area contributed by atoms with Crippen molar-refractivity contribution in [2.45, 2.75) is 31.1 Å². The van der Waals surface area contributed by atoms with E-state index in [-0.39, 0.29) is 22.9 Å².